The molecule has 0 saturated heterocycles. The first-order chi connectivity index (χ1) is 8.40. The lowest BCUT2D eigenvalue weighted by Gasteiger charge is -2.13. The lowest BCUT2D eigenvalue weighted by molar-refractivity contribution is 0.287. The summed E-state index contributed by atoms with van der Waals surface area (Å²) in [6, 6.07) is 8.32. The molecule has 3 nitrogen and oxygen atoms in total. The summed E-state index contributed by atoms with van der Waals surface area (Å²) in [5.41, 5.74) is 0. The summed E-state index contributed by atoms with van der Waals surface area (Å²) in [7, 11) is 1.66. The SMILES string of the molecule is COc1ccccc1OCCNC1CC=CC1. The normalized spacial score (nSPS) is 15.1. The van der Waals surface area contributed by atoms with E-state index in [4.69, 9.17) is 9.47 Å². The fourth-order valence-electron chi connectivity index (χ4n) is 1.95. The fourth-order valence-corrected chi connectivity index (χ4v) is 1.95. The van der Waals surface area contributed by atoms with Crippen LogP contribution in [0.1, 0.15) is 12.8 Å². The van der Waals surface area contributed by atoms with Crippen molar-refractivity contribution >= 4 is 0 Å². The molecule has 0 aliphatic heterocycles. The Bertz CT molecular complexity index is 368. The van der Waals surface area contributed by atoms with Gasteiger partial charge in [-0.1, -0.05) is 24.3 Å². The van der Waals surface area contributed by atoms with Crippen LogP contribution in [0.3, 0.4) is 0 Å². The van der Waals surface area contributed by atoms with Crippen LogP contribution >= 0.6 is 0 Å². The van der Waals surface area contributed by atoms with Crippen LogP contribution in [0.5, 0.6) is 11.5 Å². The quantitative estimate of drug-likeness (QED) is 0.604. The second kappa shape index (κ2) is 6.30. The maximum Gasteiger partial charge on any atom is 0.161 e. The Hall–Kier alpha value is -1.48. The molecule has 17 heavy (non-hydrogen) atoms. The van der Waals surface area contributed by atoms with Gasteiger partial charge in [0.05, 0.1) is 7.11 Å². The van der Waals surface area contributed by atoms with Gasteiger partial charge in [-0.3, -0.25) is 0 Å². The van der Waals surface area contributed by atoms with Crippen LogP contribution < -0.4 is 14.8 Å². The van der Waals surface area contributed by atoms with Crippen LogP contribution in [0.4, 0.5) is 0 Å². The summed E-state index contributed by atoms with van der Waals surface area (Å²) in [5.74, 6) is 1.59. The zero-order valence-corrected chi connectivity index (χ0v) is 10.2. The summed E-state index contributed by atoms with van der Waals surface area (Å²) >= 11 is 0. The minimum atomic E-state index is 0.594. The molecule has 0 fully saturated rings. The van der Waals surface area contributed by atoms with E-state index in [0.717, 1.165) is 30.9 Å². The summed E-state index contributed by atoms with van der Waals surface area (Å²) in [4.78, 5) is 0. The third kappa shape index (κ3) is 3.49. The minimum Gasteiger partial charge on any atom is -0.493 e. The van der Waals surface area contributed by atoms with E-state index in [0.29, 0.717) is 12.6 Å². The van der Waals surface area contributed by atoms with Gasteiger partial charge in [-0.25, -0.2) is 0 Å². The van der Waals surface area contributed by atoms with Crippen molar-refractivity contribution in [3.8, 4) is 11.5 Å². The molecular formula is C14H19NO2. The van der Waals surface area contributed by atoms with E-state index < -0.39 is 0 Å². The molecular weight excluding hydrogens is 214 g/mol. The van der Waals surface area contributed by atoms with Crippen molar-refractivity contribution in [3.05, 3.63) is 36.4 Å². The number of methoxy groups -OCH3 is 1. The highest BCUT2D eigenvalue weighted by Crippen LogP contribution is 2.25. The van der Waals surface area contributed by atoms with Crippen molar-refractivity contribution in [1.82, 2.24) is 5.32 Å². The predicted octanol–water partition coefficient (Wildman–Crippen LogP) is 2.38. The van der Waals surface area contributed by atoms with Gasteiger partial charge in [0.15, 0.2) is 11.5 Å². The zero-order chi connectivity index (χ0) is 11.9. The van der Waals surface area contributed by atoms with Gasteiger partial charge in [-0.15, -0.1) is 0 Å². The van der Waals surface area contributed by atoms with E-state index in [1.54, 1.807) is 7.11 Å². The van der Waals surface area contributed by atoms with Crippen LogP contribution in [0.15, 0.2) is 36.4 Å². The van der Waals surface area contributed by atoms with E-state index in [9.17, 15) is 0 Å². The molecule has 1 aromatic rings. The molecule has 1 aliphatic rings. The van der Waals surface area contributed by atoms with Crippen LogP contribution in [0, 0.1) is 0 Å². The fraction of sp³-hybridized carbons (Fsp3) is 0.429. The highest BCUT2D eigenvalue weighted by atomic mass is 16.5. The molecule has 0 amide bonds. The lowest BCUT2D eigenvalue weighted by atomic mass is 10.2. The van der Waals surface area contributed by atoms with Gasteiger partial charge in [0.2, 0.25) is 0 Å². The van der Waals surface area contributed by atoms with E-state index >= 15 is 0 Å². The van der Waals surface area contributed by atoms with Gasteiger partial charge in [-0.05, 0) is 25.0 Å². The molecule has 2 rings (SSSR count). The molecule has 3 heteroatoms. The Morgan fingerprint density at radius 1 is 1.18 bits per heavy atom. The van der Waals surface area contributed by atoms with Gasteiger partial charge in [0.1, 0.15) is 6.61 Å². The number of ether oxygens (including phenoxy) is 2. The molecule has 1 N–H and O–H groups in total. The summed E-state index contributed by atoms with van der Waals surface area (Å²) in [5, 5.41) is 3.46. The topological polar surface area (TPSA) is 30.5 Å². The Morgan fingerprint density at radius 2 is 1.88 bits per heavy atom. The number of hydrogen-bond donors (Lipinski definition) is 1. The number of para-hydroxylation sites is 2. The number of benzene rings is 1. The molecule has 0 heterocycles. The molecule has 0 unspecified atom stereocenters. The van der Waals surface area contributed by atoms with Crippen LogP contribution in [0.25, 0.3) is 0 Å². The lowest BCUT2D eigenvalue weighted by Crippen LogP contribution is -2.30. The first-order valence-corrected chi connectivity index (χ1v) is 6.04. The Kier molecular flexibility index (Phi) is 4.45. The second-order valence-corrected chi connectivity index (χ2v) is 4.09. The number of hydrogen-bond acceptors (Lipinski definition) is 3. The van der Waals surface area contributed by atoms with Crippen molar-refractivity contribution in [2.24, 2.45) is 0 Å². The van der Waals surface area contributed by atoms with E-state index in [1.165, 1.54) is 0 Å². The van der Waals surface area contributed by atoms with Crippen molar-refractivity contribution in [2.45, 2.75) is 18.9 Å². The summed E-state index contributed by atoms with van der Waals surface area (Å²) < 4.78 is 10.9. The molecule has 1 aromatic carbocycles. The standard InChI is InChI=1S/C14H19NO2/c1-16-13-8-4-5-9-14(13)17-11-10-15-12-6-2-3-7-12/h2-5,8-9,12,15H,6-7,10-11H2,1H3. The van der Waals surface area contributed by atoms with E-state index in [1.807, 2.05) is 24.3 Å². The van der Waals surface area contributed by atoms with Gasteiger partial charge < -0.3 is 14.8 Å². The monoisotopic (exact) mass is 233 g/mol. The van der Waals surface area contributed by atoms with Gasteiger partial charge in [-0.2, -0.15) is 0 Å². The van der Waals surface area contributed by atoms with Crippen LogP contribution in [-0.4, -0.2) is 26.3 Å². The minimum absolute atomic E-state index is 0.594. The second-order valence-electron chi connectivity index (χ2n) is 4.09. The van der Waals surface area contributed by atoms with Crippen LogP contribution in [0.2, 0.25) is 0 Å². The van der Waals surface area contributed by atoms with Gasteiger partial charge in [0, 0.05) is 12.6 Å². The molecule has 0 bridgehead atoms. The Labute approximate surface area is 102 Å². The molecule has 1 aliphatic carbocycles. The van der Waals surface area contributed by atoms with Crippen molar-refractivity contribution < 1.29 is 9.47 Å². The van der Waals surface area contributed by atoms with Gasteiger partial charge in [0.25, 0.3) is 0 Å². The summed E-state index contributed by atoms with van der Waals surface area (Å²) in [6.07, 6.45) is 6.71. The average molecular weight is 233 g/mol. The van der Waals surface area contributed by atoms with Crippen molar-refractivity contribution in [1.29, 1.82) is 0 Å². The third-order valence-corrected chi connectivity index (χ3v) is 2.87. The van der Waals surface area contributed by atoms with E-state index in [2.05, 4.69) is 17.5 Å². The maximum absolute atomic E-state index is 5.68. The van der Waals surface area contributed by atoms with E-state index in [-0.39, 0.29) is 0 Å². The first kappa shape index (κ1) is 12.0. The molecule has 0 saturated carbocycles. The molecule has 0 aromatic heterocycles. The third-order valence-electron chi connectivity index (χ3n) is 2.87. The Morgan fingerprint density at radius 3 is 2.59 bits per heavy atom. The highest BCUT2D eigenvalue weighted by Gasteiger charge is 2.08. The molecule has 0 atom stereocenters. The number of nitrogens with one attached hydrogen (secondary N) is 1. The molecule has 92 valence electrons. The highest BCUT2D eigenvalue weighted by molar-refractivity contribution is 5.39. The average Bonchev–Trinajstić information content (AvgIpc) is 2.88. The molecule has 0 spiro atoms. The van der Waals surface area contributed by atoms with Crippen molar-refractivity contribution in [2.75, 3.05) is 20.3 Å². The smallest absolute Gasteiger partial charge is 0.161 e. The zero-order valence-electron chi connectivity index (χ0n) is 10.2. The maximum atomic E-state index is 5.68. The van der Waals surface area contributed by atoms with Crippen molar-refractivity contribution in [3.63, 3.8) is 0 Å². The molecule has 0 radical (unpaired) electrons. The summed E-state index contributed by atoms with van der Waals surface area (Å²) in [6.45, 7) is 1.53. The van der Waals surface area contributed by atoms with Crippen LogP contribution in [-0.2, 0) is 0 Å². The largest absolute Gasteiger partial charge is 0.493 e. The Balaban J connectivity index is 1.70. The predicted molar refractivity (Wildman–Crippen MR) is 68.7 cm³/mol. The number of rotatable bonds is 6. The van der Waals surface area contributed by atoms with Gasteiger partial charge >= 0.3 is 0 Å². The first-order valence-electron chi connectivity index (χ1n) is 6.04.